The summed E-state index contributed by atoms with van der Waals surface area (Å²) < 4.78 is 86.5. The standard InChI is InChI=1S/C30H22F6N4O.C30H26N4.Ir.Pt/c1-28(2,3)19-11-20(40-17-39(4)25-7-5-6-8-26(25)40)13-21(12-19)41-27-14-24(38-16-22(27)30(34,35)36)23-10-9-18(15-37-23)29(31,32)33;1-3-13-25(14-4-1)33-23-31(27-17-7-9-19-29(27)33)21-11-12-22-32-24-34(26-15-5-2-6-16-26)30-20-10-8-18-28(30)32;;/h5-9,11-12,15-17H,1-4H3;1-10,13,15,17-20,23-24H,11-12,21-22H2;;/q2*-4;;. The number of halogens is 6. The molecule has 11 rings (SSSR count). The summed E-state index contributed by atoms with van der Waals surface area (Å²) in [5.41, 5.74) is 6.95. The van der Waals surface area contributed by atoms with Crippen LogP contribution in [-0.2, 0) is 58.9 Å². The zero-order valence-corrected chi connectivity index (χ0v) is 46.6. The molecule has 0 amide bonds. The fourth-order valence-electron chi connectivity index (χ4n) is 8.87. The molecule has 3 aliphatic rings. The maximum atomic E-state index is 14.0. The summed E-state index contributed by atoms with van der Waals surface area (Å²) in [6, 6.07) is 59.7. The van der Waals surface area contributed by atoms with Crippen LogP contribution in [0.4, 0.5) is 77.5 Å². The van der Waals surface area contributed by atoms with E-state index in [4.69, 9.17) is 4.74 Å². The van der Waals surface area contributed by atoms with Crippen molar-refractivity contribution in [1.29, 1.82) is 0 Å². The van der Waals surface area contributed by atoms with Gasteiger partial charge in [0.2, 0.25) is 0 Å². The average molecular weight is 1400 g/mol. The Morgan fingerprint density at radius 2 is 1.03 bits per heavy atom. The van der Waals surface area contributed by atoms with Crippen LogP contribution in [0.2, 0.25) is 0 Å². The van der Waals surface area contributed by atoms with Gasteiger partial charge in [0.15, 0.2) is 0 Å². The van der Waals surface area contributed by atoms with Gasteiger partial charge in [-0.05, 0) is 92.7 Å². The molecule has 8 aromatic rings. The minimum atomic E-state index is -4.86. The van der Waals surface area contributed by atoms with Crippen LogP contribution in [0.3, 0.4) is 0 Å². The molecule has 9 nitrogen and oxygen atoms in total. The van der Waals surface area contributed by atoms with Crippen molar-refractivity contribution in [3.63, 3.8) is 0 Å². The molecule has 0 saturated heterocycles. The van der Waals surface area contributed by atoms with E-state index in [-0.39, 0.29) is 58.3 Å². The van der Waals surface area contributed by atoms with Crippen LogP contribution in [0.5, 0.6) is 11.5 Å². The van der Waals surface area contributed by atoms with Crippen molar-refractivity contribution in [2.24, 2.45) is 0 Å². The molecule has 0 aliphatic carbocycles. The van der Waals surface area contributed by atoms with E-state index in [1.807, 2.05) is 98.9 Å². The predicted molar refractivity (Wildman–Crippen MR) is 281 cm³/mol. The Hall–Kier alpha value is -6.86. The molecule has 0 saturated carbocycles. The summed E-state index contributed by atoms with van der Waals surface area (Å²) in [7, 11) is 1.87. The Bertz CT molecular complexity index is 3170. The number of benzene rings is 6. The number of hydrogen-bond acceptors (Lipinski definition) is 9. The van der Waals surface area contributed by atoms with Gasteiger partial charge in [0.25, 0.3) is 0 Å². The van der Waals surface area contributed by atoms with Crippen LogP contribution in [0.1, 0.15) is 50.3 Å². The molecule has 5 heterocycles. The van der Waals surface area contributed by atoms with Gasteiger partial charge in [-0.2, -0.15) is 119 Å². The molecule has 0 fully saturated rings. The maximum Gasteiger partial charge on any atom is 0.375 e. The topological polar surface area (TPSA) is 54.5 Å². The molecule has 6 aromatic carbocycles. The van der Waals surface area contributed by atoms with Crippen molar-refractivity contribution in [2.75, 3.05) is 49.5 Å². The van der Waals surface area contributed by atoms with E-state index in [1.54, 1.807) is 6.07 Å². The zero-order valence-electron chi connectivity index (χ0n) is 41.9. The van der Waals surface area contributed by atoms with Crippen LogP contribution in [0.15, 0.2) is 152 Å². The van der Waals surface area contributed by atoms with E-state index in [1.165, 1.54) is 22.7 Å². The third-order valence-electron chi connectivity index (χ3n) is 12.7. The number of ether oxygens (including phenoxy) is 1. The second-order valence-electron chi connectivity index (χ2n) is 18.9. The van der Waals surface area contributed by atoms with Crippen LogP contribution < -0.4 is 34.1 Å². The summed E-state index contributed by atoms with van der Waals surface area (Å²) in [5.74, 6) is -0.745. The van der Waals surface area contributed by atoms with Crippen LogP contribution in [-0.4, -0.2) is 30.1 Å². The SMILES string of the molecule is CN1[CH-]N(c2[c-]c(Oc3[c-]c(-c4[c-]cc(C(F)(F)F)cn4)ncc3C(F)(F)F)cc(C(C)(C)C)c2)c2ccccc21.[Ir].[Pt].[c-]1ccccc1N1[CH-]N(CCCCN2[CH-]N(c3[c-]cccc3)c3ccccc32)c2ccccc21. The summed E-state index contributed by atoms with van der Waals surface area (Å²) >= 11 is 0. The first-order valence-electron chi connectivity index (χ1n) is 24.1. The Labute approximate surface area is 473 Å². The number of unbranched alkanes of at least 4 members (excludes halogenated alkanes) is 1. The molecule has 403 valence electrons. The Kier molecular flexibility index (Phi) is 17.1. The average Bonchev–Trinajstić information content (AvgIpc) is 4.14. The van der Waals surface area contributed by atoms with Crippen molar-refractivity contribution >= 4 is 51.2 Å². The molecule has 3 aliphatic heterocycles. The fraction of sp³-hybridized carbons (Fsp3) is 0.183. The van der Waals surface area contributed by atoms with Crippen molar-refractivity contribution in [2.45, 2.75) is 51.4 Å². The summed E-state index contributed by atoms with van der Waals surface area (Å²) in [5, 5.41) is 0. The molecule has 0 bridgehead atoms. The molecular formula is C60H48F6IrN8OPt-8. The number of hydrogen-bond donors (Lipinski definition) is 0. The van der Waals surface area contributed by atoms with Crippen molar-refractivity contribution in [1.82, 2.24) is 9.97 Å². The summed E-state index contributed by atoms with van der Waals surface area (Å²) in [6.07, 6.45) is -6.23. The van der Waals surface area contributed by atoms with Gasteiger partial charge in [0.1, 0.15) is 0 Å². The largest absolute Gasteiger partial charge is 0.510 e. The van der Waals surface area contributed by atoms with Gasteiger partial charge < -0.3 is 44.1 Å². The number of anilines is 9. The van der Waals surface area contributed by atoms with E-state index < -0.39 is 34.6 Å². The second kappa shape index (κ2) is 23.4. The number of aromatic nitrogens is 2. The second-order valence-corrected chi connectivity index (χ2v) is 18.9. The zero-order chi connectivity index (χ0) is 52.5. The van der Waals surface area contributed by atoms with Crippen molar-refractivity contribution in [3.8, 4) is 22.9 Å². The van der Waals surface area contributed by atoms with E-state index in [9.17, 15) is 26.3 Å². The number of nitrogens with zero attached hydrogens (tertiary/aromatic N) is 8. The van der Waals surface area contributed by atoms with E-state index in [0.29, 0.717) is 24.1 Å². The Balaban J connectivity index is 0.000000201. The van der Waals surface area contributed by atoms with Gasteiger partial charge in [-0.15, -0.1) is 52.2 Å². The number of fused-ring (bicyclic) bond motifs is 3. The number of pyridine rings is 2. The molecular weight excluding hydrogens is 1350 g/mol. The minimum absolute atomic E-state index is 0. The van der Waals surface area contributed by atoms with Gasteiger partial charge >= 0.3 is 12.4 Å². The molecule has 0 atom stereocenters. The first kappa shape index (κ1) is 56.3. The van der Waals surface area contributed by atoms with Gasteiger partial charge in [-0.1, -0.05) is 57.2 Å². The molecule has 0 spiro atoms. The fourth-order valence-corrected chi connectivity index (χ4v) is 8.87. The maximum absolute atomic E-state index is 14.0. The first-order valence-corrected chi connectivity index (χ1v) is 24.1. The summed E-state index contributed by atoms with van der Waals surface area (Å²) in [4.78, 5) is 20.3. The van der Waals surface area contributed by atoms with Gasteiger partial charge in [0, 0.05) is 92.4 Å². The molecule has 77 heavy (non-hydrogen) atoms. The Morgan fingerprint density at radius 3 is 1.51 bits per heavy atom. The van der Waals surface area contributed by atoms with Crippen molar-refractivity contribution in [3.05, 3.63) is 219 Å². The van der Waals surface area contributed by atoms with E-state index >= 15 is 0 Å². The molecule has 1 radical (unpaired) electrons. The van der Waals surface area contributed by atoms with Gasteiger partial charge in [-0.3, -0.25) is 0 Å². The monoisotopic (exact) mass is 1400 g/mol. The van der Waals surface area contributed by atoms with E-state index in [0.717, 1.165) is 54.2 Å². The van der Waals surface area contributed by atoms with Crippen LogP contribution >= 0.6 is 0 Å². The van der Waals surface area contributed by atoms with Crippen molar-refractivity contribution < 1.29 is 72.2 Å². The predicted octanol–water partition coefficient (Wildman–Crippen LogP) is 15.3. The quantitative estimate of drug-likeness (QED) is 0.0716. The van der Waals surface area contributed by atoms with Crippen LogP contribution in [0.25, 0.3) is 11.4 Å². The molecule has 2 aromatic heterocycles. The molecule has 0 unspecified atom stereocenters. The van der Waals surface area contributed by atoms with E-state index in [2.05, 4.69) is 146 Å². The number of rotatable bonds is 11. The van der Waals surface area contributed by atoms with Crippen LogP contribution in [0, 0.1) is 50.3 Å². The summed E-state index contributed by atoms with van der Waals surface area (Å²) in [6.45, 7) is 14.1. The number of para-hydroxylation sites is 8. The third kappa shape index (κ3) is 12.5. The molecule has 17 heteroatoms. The van der Waals surface area contributed by atoms with Gasteiger partial charge in [0.05, 0.1) is 0 Å². The normalized spacial score (nSPS) is 13.8. The molecule has 0 N–H and O–H groups in total. The third-order valence-corrected chi connectivity index (χ3v) is 12.7. The Morgan fingerprint density at radius 1 is 0.532 bits per heavy atom. The first-order chi connectivity index (χ1) is 36.0. The van der Waals surface area contributed by atoms with Gasteiger partial charge in [-0.25, -0.2) is 6.07 Å². The number of alkyl halides is 6. The minimum Gasteiger partial charge on any atom is -0.510 e. The smallest absolute Gasteiger partial charge is 0.375 e.